The molecule has 2 saturated carbocycles. The van der Waals surface area contributed by atoms with Gasteiger partial charge in [-0.25, -0.2) is 4.39 Å². The van der Waals surface area contributed by atoms with Crippen molar-refractivity contribution in [2.45, 2.75) is 30.3 Å². The summed E-state index contributed by atoms with van der Waals surface area (Å²) in [6.07, 6.45) is 2.84. The smallest absolute Gasteiger partial charge is 0.107 e. The third-order valence-electron chi connectivity index (χ3n) is 2.72. The van der Waals surface area contributed by atoms with Gasteiger partial charge < -0.3 is 0 Å². The van der Waals surface area contributed by atoms with Crippen LogP contribution >= 0.6 is 15.9 Å². The van der Waals surface area contributed by atoms with Crippen LogP contribution in [0.15, 0.2) is 0 Å². The fraction of sp³-hybridized carbons (Fsp3) is 1.00. The van der Waals surface area contributed by atoms with Crippen LogP contribution in [0.3, 0.4) is 0 Å². The van der Waals surface area contributed by atoms with Crippen molar-refractivity contribution in [2.24, 2.45) is 11.8 Å². The highest BCUT2D eigenvalue weighted by Gasteiger charge is 2.47. The molecule has 0 aromatic heterocycles. The molecular formula is C7H10BrF. The third-order valence-corrected chi connectivity index (χ3v) is 3.78. The second kappa shape index (κ2) is 1.94. The van der Waals surface area contributed by atoms with Gasteiger partial charge in [0.1, 0.15) is 6.17 Å². The molecule has 4 atom stereocenters. The Bertz CT molecular complexity index is 126. The number of alkyl halides is 2. The van der Waals surface area contributed by atoms with E-state index in [0.29, 0.717) is 16.7 Å². The van der Waals surface area contributed by atoms with Crippen molar-refractivity contribution >= 4 is 15.9 Å². The van der Waals surface area contributed by atoms with Gasteiger partial charge in [-0.15, -0.1) is 0 Å². The van der Waals surface area contributed by atoms with E-state index in [1.54, 1.807) is 0 Å². The van der Waals surface area contributed by atoms with Gasteiger partial charge in [0, 0.05) is 10.7 Å². The minimum atomic E-state index is -0.477. The molecular weight excluding hydrogens is 183 g/mol. The Morgan fingerprint density at radius 2 is 2.11 bits per heavy atom. The minimum absolute atomic E-state index is 0.356. The van der Waals surface area contributed by atoms with Gasteiger partial charge in [-0.3, -0.25) is 0 Å². The molecule has 2 aliphatic carbocycles. The summed E-state index contributed by atoms with van der Waals surface area (Å²) in [5.41, 5.74) is 0. The van der Waals surface area contributed by atoms with E-state index < -0.39 is 6.17 Å². The summed E-state index contributed by atoms with van der Waals surface area (Å²) >= 11 is 3.50. The Kier molecular flexibility index (Phi) is 1.33. The predicted octanol–water partition coefficient (Wildman–Crippen LogP) is 2.52. The molecule has 0 aromatic carbocycles. The molecule has 0 aliphatic heterocycles. The van der Waals surface area contributed by atoms with Crippen molar-refractivity contribution in [2.75, 3.05) is 0 Å². The van der Waals surface area contributed by atoms with E-state index in [2.05, 4.69) is 15.9 Å². The molecule has 2 fully saturated rings. The van der Waals surface area contributed by atoms with Crippen molar-refractivity contribution < 1.29 is 4.39 Å². The molecule has 0 radical (unpaired) electrons. The van der Waals surface area contributed by atoms with Crippen LogP contribution in [-0.4, -0.2) is 11.0 Å². The Hall–Kier alpha value is 0.410. The van der Waals surface area contributed by atoms with Gasteiger partial charge in [0.2, 0.25) is 0 Å². The Labute approximate surface area is 63.0 Å². The summed E-state index contributed by atoms with van der Waals surface area (Å²) in [7, 11) is 0. The topological polar surface area (TPSA) is 0 Å². The van der Waals surface area contributed by atoms with Gasteiger partial charge in [0.05, 0.1) is 0 Å². The van der Waals surface area contributed by atoms with Gasteiger partial charge in [-0.2, -0.15) is 0 Å². The molecule has 2 heteroatoms. The summed E-state index contributed by atoms with van der Waals surface area (Å²) in [4.78, 5) is 0.492. The van der Waals surface area contributed by atoms with Crippen molar-refractivity contribution in [1.82, 2.24) is 0 Å². The Morgan fingerprint density at radius 1 is 1.33 bits per heavy atom. The van der Waals surface area contributed by atoms with E-state index in [1.165, 1.54) is 0 Å². The molecule has 52 valence electrons. The fourth-order valence-electron chi connectivity index (χ4n) is 2.17. The van der Waals surface area contributed by atoms with Gasteiger partial charge in [-0.1, -0.05) is 15.9 Å². The van der Waals surface area contributed by atoms with Crippen molar-refractivity contribution in [3.63, 3.8) is 0 Å². The van der Waals surface area contributed by atoms with E-state index >= 15 is 0 Å². The van der Waals surface area contributed by atoms with Gasteiger partial charge in [0.15, 0.2) is 0 Å². The highest BCUT2D eigenvalue weighted by molar-refractivity contribution is 9.09. The maximum Gasteiger partial charge on any atom is 0.107 e. The summed E-state index contributed by atoms with van der Waals surface area (Å²) in [6, 6.07) is 0. The molecule has 0 heterocycles. The van der Waals surface area contributed by atoms with Crippen LogP contribution in [0.25, 0.3) is 0 Å². The van der Waals surface area contributed by atoms with Crippen LogP contribution in [0.4, 0.5) is 4.39 Å². The molecule has 9 heavy (non-hydrogen) atoms. The lowest BCUT2D eigenvalue weighted by Gasteiger charge is -2.12. The lowest BCUT2D eigenvalue weighted by atomic mass is 10.0. The second-order valence-electron chi connectivity index (χ2n) is 3.20. The molecule has 0 aromatic rings. The first-order valence-corrected chi connectivity index (χ1v) is 4.49. The highest BCUT2D eigenvalue weighted by atomic mass is 79.9. The Balaban J connectivity index is 2.16. The quantitative estimate of drug-likeness (QED) is 0.518. The maximum atomic E-state index is 13.0. The second-order valence-corrected chi connectivity index (χ2v) is 4.37. The molecule has 0 spiro atoms. The third kappa shape index (κ3) is 0.754. The molecule has 3 unspecified atom stereocenters. The molecule has 0 amide bonds. The lowest BCUT2D eigenvalue weighted by Crippen LogP contribution is -2.11. The molecule has 0 N–H and O–H groups in total. The summed E-state index contributed by atoms with van der Waals surface area (Å²) in [6.45, 7) is 0. The number of halogens is 2. The van der Waals surface area contributed by atoms with Crippen LogP contribution < -0.4 is 0 Å². The summed E-state index contributed by atoms with van der Waals surface area (Å²) < 4.78 is 13.0. The fourth-order valence-corrected chi connectivity index (χ4v) is 3.20. The molecule has 2 rings (SSSR count). The monoisotopic (exact) mass is 192 g/mol. The van der Waals surface area contributed by atoms with Gasteiger partial charge >= 0.3 is 0 Å². The summed E-state index contributed by atoms with van der Waals surface area (Å²) in [5.74, 6) is 0.759. The van der Waals surface area contributed by atoms with Crippen molar-refractivity contribution in [3.05, 3.63) is 0 Å². The first kappa shape index (κ1) is 6.14. The minimum Gasteiger partial charge on any atom is -0.247 e. The number of fused-ring (bicyclic) bond motifs is 2. The van der Waals surface area contributed by atoms with Gasteiger partial charge in [0.25, 0.3) is 0 Å². The number of rotatable bonds is 0. The first-order valence-electron chi connectivity index (χ1n) is 3.57. The van der Waals surface area contributed by atoms with Crippen LogP contribution in [0.1, 0.15) is 19.3 Å². The maximum absolute atomic E-state index is 13.0. The average Bonchev–Trinajstić information content (AvgIpc) is 2.25. The zero-order chi connectivity index (χ0) is 6.43. The lowest BCUT2D eigenvalue weighted by molar-refractivity contribution is 0.264. The van der Waals surface area contributed by atoms with E-state index in [4.69, 9.17) is 0 Å². The molecule has 2 aliphatic rings. The highest BCUT2D eigenvalue weighted by Crippen LogP contribution is 2.49. The standard InChI is InChI=1S/C7H10BrF/c8-6-3-4-1-2-5(6)7(4)9/h4-7H,1-3H2/t4?,5?,6?,7-/m1/s1. The molecule has 2 bridgehead atoms. The van der Waals surface area contributed by atoms with Crippen LogP contribution in [0.5, 0.6) is 0 Å². The Morgan fingerprint density at radius 3 is 2.33 bits per heavy atom. The average molecular weight is 193 g/mol. The molecule has 0 nitrogen and oxygen atoms in total. The normalized spacial score (nSPS) is 56.7. The zero-order valence-electron chi connectivity index (χ0n) is 5.19. The first-order chi connectivity index (χ1) is 4.29. The predicted molar refractivity (Wildman–Crippen MR) is 38.4 cm³/mol. The van der Waals surface area contributed by atoms with E-state index in [-0.39, 0.29) is 0 Å². The van der Waals surface area contributed by atoms with Crippen LogP contribution in [-0.2, 0) is 0 Å². The summed E-state index contributed by atoms with van der Waals surface area (Å²) in [5, 5.41) is 0. The van der Waals surface area contributed by atoms with E-state index in [9.17, 15) is 4.39 Å². The largest absolute Gasteiger partial charge is 0.247 e. The SMILES string of the molecule is F[C@@H]1C2CCC1C(Br)C2. The van der Waals surface area contributed by atoms with Crippen LogP contribution in [0, 0.1) is 11.8 Å². The van der Waals surface area contributed by atoms with E-state index in [1.807, 2.05) is 0 Å². The number of hydrogen-bond donors (Lipinski definition) is 0. The van der Waals surface area contributed by atoms with Crippen molar-refractivity contribution in [3.8, 4) is 0 Å². The van der Waals surface area contributed by atoms with E-state index in [0.717, 1.165) is 19.3 Å². The van der Waals surface area contributed by atoms with Gasteiger partial charge in [-0.05, 0) is 25.2 Å². The molecule has 0 saturated heterocycles. The van der Waals surface area contributed by atoms with Crippen molar-refractivity contribution in [1.29, 1.82) is 0 Å². The number of hydrogen-bond acceptors (Lipinski definition) is 0. The zero-order valence-corrected chi connectivity index (χ0v) is 6.77. The van der Waals surface area contributed by atoms with Crippen LogP contribution in [0.2, 0.25) is 0 Å².